The summed E-state index contributed by atoms with van der Waals surface area (Å²) >= 11 is 0. The molecule has 1 aliphatic rings. The molecule has 1 atom stereocenters. The molecule has 0 aliphatic carbocycles. The fraction of sp³-hybridized carbons (Fsp3) is 0.375. The largest absolute Gasteiger partial charge is 0.343 e. The van der Waals surface area contributed by atoms with Crippen molar-refractivity contribution in [2.24, 2.45) is 7.05 Å². The predicted octanol–water partition coefficient (Wildman–Crippen LogP) is 1.65. The minimum Gasteiger partial charge on any atom is -0.343 e. The van der Waals surface area contributed by atoms with Crippen molar-refractivity contribution in [3.63, 3.8) is 0 Å². The lowest BCUT2D eigenvalue weighted by Crippen LogP contribution is -2.30. The summed E-state index contributed by atoms with van der Waals surface area (Å²) in [5, 5.41) is 4.54. The van der Waals surface area contributed by atoms with Crippen molar-refractivity contribution in [1.82, 2.24) is 24.6 Å². The van der Waals surface area contributed by atoms with Crippen LogP contribution in [0.5, 0.6) is 0 Å². The number of rotatable bonds is 3. The number of nitrogens with zero attached hydrogens (tertiary/aromatic N) is 5. The van der Waals surface area contributed by atoms with Gasteiger partial charge in [-0.05, 0) is 31.5 Å². The minimum absolute atomic E-state index is 0.00277. The van der Waals surface area contributed by atoms with Gasteiger partial charge in [0.15, 0.2) is 5.82 Å². The highest BCUT2D eigenvalue weighted by Gasteiger charge is 2.30. The van der Waals surface area contributed by atoms with Gasteiger partial charge in [-0.3, -0.25) is 14.3 Å². The van der Waals surface area contributed by atoms with Crippen molar-refractivity contribution in [2.45, 2.75) is 25.4 Å². The van der Waals surface area contributed by atoms with Gasteiger partial charge >= 0.3 is 0 Å². The smallest absolute Gasteiger partial charge is 0.261 e. The molecular weight excluding hydrogens is 294 g/mol. The first kappa shape index (κ1) is 14.1. The van der Waals surface area contributed by atoms with Crippen molar-refractivity contribution in [1.29, 1.82) is 0 Å². The van der Waals surface area contributed by atoms with E-state index in [0.717, 1.165) is 30.7 Å². The summed E-state index contributed by atoms with van der Waals surface area (Å²) in [6, 6.07) is 7.57. The Morgan fingerprint density at radius 3 is 3.04 bits per heavy atom. The van der Waals surface area contributed by atoms with Crippen molar-refractivity contribution in [3.8, 4) is 0 Å². The molecule has 3 heterocycles. The van der Waals surface area contributed by atoms with Gasteiger partial charge in [-0.1, -0.05) is 17.3 Å². The number of fused-ring (bicyclic) bond motifs is 1. The van der Waals surface area contributed by atoms with Crippen LogP contribution in [-0.4, -0.2) is 31.1 Å². The molecule has 1 unspecified atom stereocenters. The molecule has 1 aromatic carbocycles. The van der Waals surface area contributed by atoms with E-state index in [9.17, 15) is 4.79 Å². The molecule has 1 saturated heterocycles. The zero-order valence-corrected chi connectivity index (χ0v) is 12.8. The Hall–Kier alpha value is -2.54. The number of aromatic nitrogens is 4. The van der Waals surface area contributed by atoms with Crippen LogP contribution in [0.1, 0.15) is 30.5 Å². The van der Waals surface area contributed by atoms with Gasteiger partial charge < -0.3 is 4.52 Å². The van der Waals surface area contributed by atoms with E-state index >= 15 is 0 Å². The zero-order valence-electron chi connectivity index (χ0n) is 12.8. The number of hydrogen-bond donors (Lipinski definition) is 0. The molecule has 0 spiro atoms. The molecule has 7 nitrogen and oxygen atoms in total. The summed E-state index contributed by atoms with van der Waals surface area (Å²) in [5.74, 6) is 1.46. The third-order valence-electron chi connectivity index (χ3n) is 4.43. The van der Waals surface area contributed by atoms with Gasteiger partial charge in [0.25, 0.3) is 5.56 Å². The minimum atomic E-state index is -0.00277. The van der Waals surface area contributed by atoms with Crippen LogP contribution >= 0.6 is 0 Å². The topological polar surface area (TPSA) is 77.1 Å². The molecule has 0 saturated carbocycles. The Balaban J connectivity index is 1.75. The quantitative estimate of drug-likeness (QED) is 0.732. The molecule has 7 heteroatoms. The lowest BCUT2D eigenvalue weighted by atomic mass is 10.1. The van der Waals surface area contributed by atoms with Gasteiger partial charge in [-0.25, -0.2) is 4.98 Å². The van der Waals surface area contributed by atoms with Crippen LogP contribution in [0.3, 0.4) is 0 Å². The monoisotopic (exact) mass is 311 g/mol. The molecule has 1 aliphatic heterocycles. The van der Waals surface area contributed by atoms with Gasteiger partial charge in [0.2, 0.25) is 6.39 Å². The summed E-state index contributed by atoms with van der Waals surface area (Å²) in [5.41, 5.74) is 0.744. The molecule has 0 amide bonds. The molecule has 3 aromatic rings. The number of likely N-dealkylation sites (tertiary alicyclic amines) is 1. The fourth-order valence-electron chi connectivity index (χ4n) is 3.28. The van der Waals surface area contributed by atoms with Crippen molar-refractivity contribution in [2.75, 3.05) is 6.54 Å². The summed E-state index contributed by atoms with van der Waals surface area (Å²) in [4.78, 5) is 23.7. The molecule has 2 aromatic heterocycles. The first-order valence-corrected chi connectivity index (χ1v) is 7.69. The second-order valence-electron chi connectivity index (χ2n) is 5.83. The first-order chi connectivity index (χ1) is 11.2. The van der Waals surface area contributed by atoms with Crippen LogP contribution in [0.15, 0.2) is 40.0 Å². The normalized spacial score (nSPS) is 18.7. The van der Waals surface area contributed by atoms with Gasteiger partial charge in [0.1, 0.15) is 5.82 Å². The van der Waals surface area contributed by atoms with Crippen molar-refractivity contribution < 1.29 is 4.52 Å². The highest BCUT2D eigenvalue weighted by atomic mass is 16.5. The first-order valence-electron chi connectivity index (χ1n) is 7.69. The Morgan fingerprint density at radius 1 is 1.35 bits per heavy atom. The summed E-state index contributed by atoms with van der Waals surface area (Å²) in [6.07, 6.45) is 3.37. The molecule has 23 heavy (non-hydrogen) atoms. The Kier molecular flexibility index (Phi) is 3.42. The van der Waals surface area contributed by atoms with Gasteiger partial charge in [0.05, 0.1) is 23.5 Å². The van der Waals surface area contributed by atoms with E-state index in [0.29, 0.717) is 17.8 Å². The van der Waals surface area contributed by atoms with Crippen LogP contribution in [-0.2, 0) is 13.6 Å². The highest BCUT2D eigenvalue weighted by Crippen LogP contribution is 2.31. The summed E-state index contributed by atoms with van der Waals surface area (Å²) < 4.78 is 6.48. The number of para-hydroxylation sites is 1. The summed E-state index contributed by atoms with van der Waals surface area (Å²) in [7, 11) is 1.79. The van der Waals surface area contributed by atoms with Crippen LogP contribution < -0.4 is 5.56 Å². The third-order valence-corrected chi connectivity index (χ3v) is 4.43. The standard InChI is InChI=1S/C16H17N5O2/c1-20-15(18-12-6-3-2-5-11(12)16(20)22)13-7-4-8-21(13)9-14-17-10-23-19-14/h2-3,5-6,10,13H,4,7-9H2,1H3. The second kappa shape index (κ2) is 5.58. The van der Waals surface area contributed by atoms with E-state index in [1.807, 2.05) is 24.3 Å². The maximum Gasteiger partial charge on any atom is 0.261 e. The Morgan fingerprint density at radius 2 is 2.22 bits per heavy atom. The van der Waals surface area contributed by atoms with Crippen molar-refractivity contribution >= 4 is 10.9 Å². The zero-order chi connectivity index (χ0) is 15.8. The Labute approximate surface area is 132 Å². The molecule has 0 N–H and O–H groups in total. The van der Waals surface area contributed by atoms with E-state index in [1.54, 1.807) is 11.6 Å². The summed E-state index contributed by atoms with van der Waals surface area (Å²) in [6.45, 7) is 1.53. The molecule has 0 bridgehead atoms. The van der Waals surface area contributed by atoms with Crippen LogP contribution in [0.2, 0.25) is 0 Å². The number of hydrogen-bond acceptors (Lipinski definition) is 6. The molecule has 118 valence electrons. The lowest BCUT2D eigenvalue weighted by Gasteiger charge is -2.24. The van der Waals surface area contributed by atoms with Gasteiger partial charge in [-0.2, -0.15) is 4.98 Å². The molecular formula is C16H17N5O2. The van der Waals surface area contributed by atoms with Crippen molar-refractivity contribution in [3.05, 3.63) is 52.7 Å². The van der Waals surface area contributed by atoms with Gasteiger partial charge in [-0.15, -0.1) is 0 Å². The van der Waals surface area contributed by atoms with E-state index in [4.69, 9.17) is 9.51 Å². The predicted molar refractivity (Wildman–Crippen MR) is 83.7 cm³/mol. The van der Waals surface area contributed by atoms with E-state index < -0.39 is 0 Å². The maximum absolute atomic E-state index is 12.6. The average Bonchev–Trinajstić information content (AvgIpc) is 3.23. The van der Waals surface area contributed by atoms with Crippen LogP contribution in [0.25, 0.3) is 10.9 Å². The Bertz CT molecular complexity index is 887. The average molecular weight is 311 g/mol. The maximum atomic E-state index is 12.6. The lowest BCUT2D eigenvalue weighted by molar-refractivity contribution is 0.226. The molecule has 4 rings (SSSR count). The van der Waals surface area contributed by atoms with E-state index in [1.165, 1.54) is 6.39 Å². The van der Waals surface area contributed by atoms with E-state index in [2.05, 4.69) is 15.0 Å². The van der Waals surface area contributed by atoms with E-state index in [-0.39, 0.29) is 11.6 Å². The van der Waals surface area contributed by atoms with Crippen LogP contribution in [0, 0.1) is 0 Å². The van der Waals surface area contributed by atoms with Crippen LogP contribution in [0.4, 0.5) is 0 Å². The van der Waals surface area contributed by atoms with Gasteiger partial charge in [0, 0.05) is 7.05 Å². The molecule has 0 radical (unpaired) electrons. The third kappa shape index (κ3) is 2.43. The highest BCUT2D eigenvalue weighted by molar-refractivity contribution is 5.77. The second-order valence-corrected chi connectivity index (χ2v) is 5.83. The fourth-order valence-corrected chi connectivity index (χ4v) is 3.28. The number of benzene rings is 1. The molecule has 1 fully saturated rings. The SMILES string of the molecule is Cn1c(C2CCCN2Cc2ncon2)nc2ccccc2c1=O.